The first kappa shape index (κ1) is 17.3. The number of ketones is 1. The van der Waals surface area contributed by atoms with Gasteiger partial charge in [0.15, 0.2) is 5.78 Å². The van der Waals surface area contributed by atoms with Gasteiger partial charge in [0, 0.05) is 33.8 Å². The van der Waals surface area contributed by atoms with Crippen molar-refractivity contribution in [3.05, 3.63) is 68.8 Å². The number of carbonyl (C=O) groups is 1. The van der Waals surface area contributed by atoms with E-state index in [2.05, 4.69) is 15.9 Å². The van der Waals surface area contributed by atoms with E-state index in [1.54, 1.807) is 12.1 Å². The van der Waals surface area contributed by atoms with E-state index in [0.29, 0.717) is 0 Å². The third-order valence-electron chi connectivity index (χ3n) is 3.71. The summed E-state index contributed by atoms with van der Waals surface area (Å²) in [7, 11) is -3.95. The molecule has 0 unspecified atom stereocenters. The average molecular weight is 423 g/mol. The molecule has 0 fully saturated rings. The van der Waals surface area contributed by atoms with E-state index in [1.165, 1.54) is 43.5 Å². The Hall–Kier alpha value is -2.52. The summed E-state index contributed by atoms with van der Waals surface area (Å²) < 4.78 is 27.5. The van der Waals surface area contributed by atoms with Crippen LogP contribution < -0.4 is 0 Å². The number of nitro groups is 1. The molecule has 7 nitrogen and oxygen atoms in total. The molecule has 0 amide bonds. The van der Waals surface area contributed by atoms with Gasteiger partial charge in [-0.15, -0.1) is 0 Å². The van der Waals surface area contributed by atoms with Gasteiger partial charge in [0.2, 0.25) is 0 Å². The molecule has 0 saturated carbocycles. The molecule has 0 aliphatic heterocycles. The fraction of sp³-hybridized carbons (Fsp3) is 0.0625. The molecule has 0 bridgehead atoms. The molecule has 0 radical (unpaired) electrons. The number of carbonyl (C=O) groups excluding carboxylic acids is 1. The molecule has 1 aromatic heterocycles. The van der Waals surface area contributed by atoms with Gasteiger partial charge in [0.1, 0.15) is 0 Å². The largest absolute Gasteiger partial charge is 0.294 e. The maximum Gasteiger partial charge on any atom is 0.270 e. The van der Waals surface area contributed by atoms with Gasteiger partial charge >= 0.3 is 0 Å². The van der Waals surface area contributed by atoms with Crippen LogP contribution in [0.4, 0.5) is 5.69 Å². The van der Waals surface area contributed by atoms with E-state index >= 15 is 0 Å². The van der Waals surface area contributed by atoms with Gasteiger partial charge in [0.05, 0.1) is 15.3 Å². The molecule has 0 N–H and O–H groups in total. The Labute approximate surface area is 151 Å². The lowest BCUT2D eigenvalue weighted by atomic mass is 10.1. The molecule has 3 aromatic rings. The number of rotatable bonds is 4. The van der Waals surface area contributed by atoms with Crippen molar-refractivity contribution in [1.82, 2.24) is 3.97 Å². The minimum absolute atomic E-state index is 0.0426. The number of fused-ring (bicyclic) bond motifs is 1. The quantitative estimate of drug-likeness (QED) is 0.362. The topological polar surface area (TPSA) is 99.3 Å². The first-order valence-electron chi connectivity index (χ1n) is 7.03. The van der Waals surface area contributed by atoms with Gasteiger partial charge in [-0.1, -0.05) is 15.9 Å². The average Bonchev–Trinajstić information content (AvgIpc) is 2.94. The Balaban J connectivity index is 2.31. The molecule has 0 atom stereocenters. The lowest BCUT2D eigenvalue weighted by molar-refractivity contribution is -0.384. The zero-order chi connectivity index (χ0) is 18.4. The summed E-state index contributed by atoms with van der Waals surface area (Å²) in [6, 6.07) is 9.80. The van der Waals surface area contributed by atoms with E-state index < -0.39 is 14.9 Å². The van der Waals surface area contributed by atoms with Crippen LogP contribution in [0.5, 0.6) is 0 Å². The van der Waals surface area contributed by atoms with Crippen molar-refractivity contribution in [2.24, 2.45) is 0 Å². The van der Waals surface area contributed by atoms with Crippen LogP contribution in [-0.2, 0) is 10.0 Å². The number of benzene rings is 2. The van der Waals surface area contributed by atoms with Gasteiger partial charge in [-0.25, -0.2) is 12.4 Å². The van der Waals surface area contributed by atoms with Crippen LogP contribution in [0.15, 0.2) is 58.0 Å². The van der Waals surface area contributed by atoms with E-state index in [1.807, 2.05) is 0 Å². The lowest BCUT2D eigenvalue weighted by Crippen LogP contribution is -2.11. The predicted octanol–water partition coefficient (Wildman–Crippen LogP) is 3.75. The van der Waals surface area contributed by atoms with Crippen molar-refractivity contribution in [3.63, 3.8) is 0 Å². The Morgan fingerprint density at radius 3 is 2.36 bits per heavy atom. The molecular formula is C16H11BrN2O5S. The first-order chi connectivity index (χ1) is 11.7. The van der Waals surface area contributed by atoms with Crippen LogP contribution in [0, 0.1) is 10.1 Å². The normalized spacial score (nSPS) is 11.6. The summed E-state index contributed by atoms with van der Waals surface area (Å²) in [6.07, 6.45) is 1.20. The Bertz CT molecular complexity index is 1120. The van der Waals surface area contributed by atoms with Crippen LogP contribution in [0.25, 0.3) is 10.9 Å². The van der Waals surface area contributed by atoms with Gasteiger partial charge in [0.25, 0.3) is 15.7 Å². The van der Waals surface area contributed by atoms with Crippen molar-refractivity contribution in [3.8, 4) is 0 Å². The molecule has 2 aromatic carbocycles. The second kappa shape index (κ2) is 6.08. The number of non-ortho nitro benzene ring substituents is 1. The first-order valence-corrected chi connectivity index (χ1v) is 9.26. The number of nitrogens with zero attached hydrogens (tertiary/aromatic N) is 2. The molecule has 9 heteroatoms. The minimum atomic E-state index is -3.95. The highest BCUT2D eigenvalue weighted by Crippen LogP contribution is 2.29. The van der Waals surface area contributed by atoms with Crippen molar-refractivity contribution in [2.45, 2.75) is 11.8 Å². The van der Waals surface area contributed by atoms with Crippen molar-refractivity contribution < 1.29 is 18.1 Å². The Morgan fingerprint density at radius 1 is 1.16 bits per heavy atom. The zero-order valence-electron chi connectivity index (χ0n) is 12.8. The smallest absolute Gasteiger partial charge is 0.270 e. The number of hydrogen-bond acceptors (Lipinski definition) is 5. The van der Waals surface area contributed by atoms with E-state index in [-0.39, 0.29) is 32.8 Å². The van der Waals surface area contributed by atoms with Crippen molar-refractivity contribution in [2.75, 3.05) is 0 Å². The van der Waals surface area contributed by atoms with Crippen molar-refractivity contribution >= 4 is 48.3 Å². The molecular weight excluding hydrogens is 412 g/mol. The SMILES string of the molecule is CC(=O)c1cn(S(=O)(=O)c2ccc(Br)cc2)c2ccc([N+](=O)[O-])cc12. The summed E-state index contributed by atoms with van der Waals surface area (Å²) in [6.45, 7) is 1.28. The second-order valence-corrected chi connectivity index (χ2v) is 8.04. The zero-order valence-corrected chi connectivity index (χ0v) is 15.2. The van der Waals surface area contributed by atoms with Crippen molar-refractivity contribution in [1.29, 1.82) is 0 Å². The van der Waals surface area contributed by atoms with Crippen LogP contribution in [0.3, 0.4) is 0 Å². The third-order valence-corrected chi connectivity index (χ3v) is 5.93. The van der Waals surface area contributed by atoms with Crippen LogP contribution in [0.2, 0.25) is 0 Å². The van der Waals surface area contributed by atoms with Crippen LogP contribution in [-0.4, -0.2) is 23.1 Å². The molecule has 0 aliphatic rings. The molecule has 0 spiro atoms. The van der Waals surface area contributed by atoms with Gasteiger partial charge in [-0.05, 0) is 37.3 Å². The number of nitro benzene ring substituents is 1. The third kappa shape index (κ3) is 2.96. The summed E-state index contributed by atoms with van der Waals surface area (Å²) >= 11 is 3.24. The van der Waals surface area contributed by atoms with E-state index in [0.717, 1.165) is 8.45 Å². The maximum atomic E-state index is 12.9. The number of halogens is 1. The number of hydrogen-bond donors (Lipinski definition) is 0. The predicted molar refractivity (Wildman–Crippen MR) is 95.3 cm³/mol. The van der Waals surface area contributed by atoms with Gasteiger partial charge in [-0.2, -0.15) is 0 Å². The fourth-order valence-corrected chi connectivity index (χ4v) is 4.14. The molecule has 3 rings (SSSR count). The second-order valence-electron chi connectivity index (χ2n) is 5.31. The highest BCUT2D eigenvalue weighted by Gasteiger charge is 2.24. The molecule has 25 heavy (non-hydrogen) atoms. The number of aromatic nitrogens is 1. The summed E-state index contributed by atoms with van der Waals surface area (Å²) in [5.41, 5.74) is 0.104. The maximum absolute atomic E-state index is 12.9. The lowest BCUT2D eigenvalue weighted by Gasteiger charge is -2.07. The highest BCUT2D eigenvalue weighted by atomic mass is 79.9. The molecule has 128 valence electrons. The molecule has 1 heterocycles. The van der Waals surface area contributed by atoms with Crippen LogP contribution >= 0.6 is 15.9 Å². The van der Waals surface area contributed by atoms with Gasteiger partial charge in [-0.3, -0.25) is 14.9 Å². The minimum Gasteiger partial charge on any atom is -0.294 e. The van der Waals surface area contributed by atoms with E-state index in [9.17, 15) is 23.3 Å². The monoisotopic (exact) mass is 422 g/mol. The van der Waals surface area contributed by atoms with Crippen LogP contribution in [0.1, 0.15) is 17.3 Å². The highest BCUT2D eigenvalue weighted by molar-refractivity contribution is 9.10. The molecule has 0 saturated heterocycles. The fourth-order valence-electron chi connectivity index (χ4n) is 2.50. The van der Waals surface area contributed by atoms with E-state index in [4.69, 9.17) is 0 Å². The summed E-state index contributed by atoms with van der Waals surface area (Å²) in [5, 5.41) is 11.2. The Kier molecular flexibility index (Phi) is 4.21. The summed E-state index contributed by atoms with van der Waals surface area (Å²) in [4.78, 5) is 22.3. The van der Waals surface area contributed by atoms with Gasteiger partial charge < -0.3 is 0 Å². The number of Topliss-reactive ketones (excluding diaryl/α,β-unsaturated/α-hetero) is 1. The standard InChI is InChI=1S/C16H11BrN2O5S/c1-10(20)15-9-18(16-7-4-12(19(21)22)8-14(15)16)25(23,24)13-5-2-11(17)3-6-13/h2-9H,1H3. The molecule has 0 aliphatic carbocycles. The summed E-state index contributed by atoms with van der Waals surface area (Å²) in [5.74, 6) is -0.379. The Morgan fingerprint density at radius 2 is 1.80 bits per heavy atom.